The Kier molecular flexibility index (Phi) is 4.54. The van der Waals surface area contributed by atoms with Crippen LogP contribution in [0.5, 0.6) is 0 Å². The lowest BCUT2D eigenvalue weighted by atomic mass is 9.92. The molecule has 0 aliphatic heterocycles. The molecule has 4 nitrogen and oxygen atoms in total. The fourth-order valence-corrected chi connectivity index (χ4v) is 1.86. The number of hydrogen-bond acceptors (Lipinski definition) is 3. The normalized spacial score (nSPS) is 28.9. The Morgan fingerprint density at radius 1 is 1.40 bits per heavy atom. The van der Waals surface area contributed by atoms with Crippen LogP contribution in [-0.4, -0.2) is 29.2 Å². The second-order valence-electron chi connectivity index (χ2n) is 4.74. The highest BCUT2D eigenvalue weighted by molar-refractivity contribution is 5.82. The van der Waals surface area contributed by atoms with Gasteiger partial charge in [-0.3, -0.25) is 4.79 Å². The highest BCUT2D eigenvalue weighted by Gasteiger charge is 2.27. The molecule has 15 heavy (non-hydrogen) atoms. The minimum absolute atomic E-state index is 0.101. The van der Waals surface area contributed by atoms with Crippen LogP contribution in [0.2, 0.25) is 0 Å². The van der Waals surface area contributed by atoms with Crippen LogP contribution < -0.4 is 11.1 Å². The van der Waals surface area contributed by atoms with Crippen molar-refractivity contribution in [2.75, 3.05) is 0 Å². The average molecular weight is 214 g/mol. The Labute approximate surface area is 91.2 Å². The molecule has 0 bridgehead atoms. The molecule has 88 valence electrons. The van der Waals surface area contributed by atoms with Crippen molar-refractivity contribution in [2.24, 2.45) is 11.7 Å². The van der Waals surface area contributed by atoms with E-state index in [1.54, 1.807) is 0 Å². The topological polar surface area (TPSA) is 75.4 Å². The predicted octanol–water partition coefficient (Wildman–Crippen LogP) is 0.389. The van der Waals surface area contributed by atoms with E-state index < -0.39 is 12.1 Å². The fourth-order valence-electron chi connectivity index (χ4n) is 1.86. The van der Waals surface area contributed by atoms with Gasteiger partial charge in [-0.1, -0.05) is 26.7 Å². The quantitative estimate of drug-likeness (QED) is 0.636. The summed E-state index contributed by atoms with van der Waals surface area (Å²) in [5, 5.41) is 12.5. The van der Waals surface area contributed by atoms with E-state index in [9.17, 15) is 9.90 Å². The van der Waals surface area contributed by atoms with Gasteiger partial charge in [-0.2, -0.15) is 0 Å². The average Bonchev–Trinajstić information content (AvgIpc) is 2.20. The number of nitrogens with one attached hydrogen (secondary N) is 1. The molecule has 1 fully saturated rings. The summed E-state index contributed by atoms with van der Waals surface area (Å²) in [5.74, 6) is -0.0123. The van der Waals surface area contributed by atoms with Gasteiger partial charge >= 0.3 is 0 Å². The SMILES string of the molecule is CC(C)[C@@H](N)C(=O)N[C@H]1CCCC[C@@H]1O. The van der Waals surface area contributed by atoms with Gasteiger partial charge in [0, 0.05) is 0 Å². The predicted molar refractivity (Wildman–Crippen MR) is 59.2 cm³/mol. The maximum Gasteiger partial charge on any atom is 0.237 e. The number of carbonyl (C=O) groups excluding carboxylic acids is 1. The van der Waals surface area contributed by atoms with Crippen LogP contribution in [0.4, 0.5) is 0 Å². The third kappa shape index (κ3) is 3.47. The molecule has 4 N–H and O–H groups in total. The lowest BCUT2D eigenvalue weighted by molar-refractivity contribution is -0.125. The summed E-state index contributed by atoms with van der Waals surface area (Å²) in [6.45, 7) is 3.84. The molecule has 0 aromatic heterocycles. The number of amides is 1. The van der Waals surface area contributed by atoms with Gasteiger partial charge in [0.25, 0.3) is 0 Å². The van der Waals surface area contributed by atoms with Crippen molar-refractivity contribution in [3.63, 3.8) is 0 Å². The lowest BCUT2D eigenvalue weighted by Crippen LogP contribution is -2.52. The summed E-state index contributed by atoms with van der Waals surface area (Å²) in [7, 11) is 0. The first-order chi connectivity index (χ1) is 7.02. The summed E-state index contributed by atoms with van der Waals surface area (Å²) in [5.41, 5.74) is 5.73. The Bertz CT molecular complexity index is 219. The monoisotopic (exact) mass is 214 g/mol. The fraction of sp³-hybridized carbons (Fsp3) is 0.909. The summed E-state index contributed by atoms with van der Waals surface area (Å²) < 4.78 is 0. The maximum atomic E-state index is 11.7. The van der Waals surface area contributed by atoms with E-state index in [1.165, 1.54) is 0 Å². The van der Waals surface area contributed by atoms with E-state index in [-0.39, 0.29) is 17.9 Å². The molecular weight excluding hydrogens is 192 g/mol. The number of rotatable bonds is 3. The van der Waals surface area contributed by atoms with Gasteiger partial charge in [-0.05, 0) is 18.8 Å². The molecule has 0 spiro atoms. The van der Waals surface area contributed by atoms with Crippen LogP contribution in [0.3, 0.4) is 0 Å². The van der Waals surface area contributed by atoms with E-state index in [1.807, 2.05) is 13.8 Å². The molecule has 3 atom stereocenters. The van der Waals surface area contributed by atoms with E-state index in [2.05, 4.69) is 5.32 Å². The second kappa shape index (κ2) is 5.47. The van der Waals surface area contributed by atoms with Gasteiger partial charge in [-0.15, -0.1) is 0 Å². The number of aliphatic hydroxyl groups excluding tert-OH is 1. The van der Waals surface area contributed by atoms with Crippen molar-refractivity contribution in [3.8, 4) is 0 Å². The molecule has 0 heterocycles. The Morgan fingerprint density at radius 3 is 2.53 bits per heavy atom. The zero-order valence-corrected chi connectivity index (χ0v) is 9.57. The highest BCUT2D eigenvalue weighted by Crippen LogP contribution is 2.18. The van der Waals surface area contributed by atoms with Crippen LogP contribution in [0.15, 0.2) is 0 Å². The van der Waals surface area contributed by atoms with E-state index in [4.69, 9.17) is 5.73 Å². The molecule has 1 amide bonds. The van der Waals surface area contributed by atoms with E-state index >= 15 is 0 Å². The molecule has 1 aliphatic carbocycles. The van der Waals surface area contributed by atoms with Crippen molar-refractivity contribution < 1.29 is 9.90 Å². The van der Waals surface area contributed by atoms with E-state index in [0.717, 1.165) is 25.7 Å². The van der Waals surface area contributed by atoms with Gasteiger partial charge in [0.1, 0.15) is 0 Å². The first-order valence-corrected chi connectivity index (χ1v) is 5.76. The zero-order chi connectivity index (χ0) is 11.4. The largest absolute Gasteiger partial charge is 0.391 e. The van der Waals surface area contributed by atoms with Crippen LogP contribution in [0.1, 0.15) is 39.5 Å². The second-order valence-corrected chi connectivity index (χ2v) is 4.74. The molecule has 1 aliphatic rings. The molecule has 4 heteroatoms. The molecule has 0 saturated heterocycles. The summed E-state index contributed by atoms with van der Waals surface area (Å²) in [4.78, 5) is 11.7. The molecule has 1 rings (SSSR count). The summed E-state index contributed by atoms with van der Waals surface area (Å²) >= 11 is 0. The molecule has 0 radical (unpaired) electrons. The molecule has 1 saturated carbocycles. The number of nitrogens with two attached hydrogens (primary N) is 1. The molecule has 0 unspecified atom stereocenters. The maximum absolute atomic E-state index is 11.7. The summed E-state index contributed by atoms with van der Waals surface area (Å²) in [6.07, 6.45) is 3.35. The summed E-state index contributed by atoms with van der Waals surface area (Å²) in [6, 6.07) is -0.574. The molecule has 0 aromatic rings. The number of aliphatic hydroxyl groups is 1. The standard InChI is InChI=1S/C11H22N2O2/c1-7(2)10(12)11(15)13-8-5-3-4-6-9(8)14/h7-10,14H,3-6,12H2,1-2H3,(H,13,15)/t8-,9-,10+/m0/s1. The van der Waals surface area contributed by atoms with Crippen molar-refractivity contribution in [1.82, 2.24) is 5.32 Å². The van der Waals surface area contributed by atoms with Gasteiger partial charge in [0.15, 0.2) is 0 Å². The van der Waals surface area contributed by atoms with Crippen molar-refractivity contribution in [1.29, 1.82) is 0 Å². The van der Waals surface area contributed by atoms with Gasteiger partial charge < -0.3 is 16.2 Å². The van der Waals surface area contributed by atoms with Crippen LogP contribution in [0.25, 0.3) is 0 Å². The van der Waals surface area contributed by atoms with Crippen molar-refractivity contribution in [3.05, 3.63) is 0 Å². The number of carbonyl (C=O) groups is 1. The van der Waals surface area contributed by atoms with Crippen LogP contribution >= 0.6 is 0 Å². The first-order valence-electron chi connectivity index (χ1n) is 5.76. The minimum atomic E-state index is -0.473. The Balaban J connectivity index is 2.42. The van der Waals surface area contributed by atoms with E-state index in [0.29, 0.717) is 0 Å². The van der Waals surface area contributed by atoms with Gasteiger partial charge in [0.05, 0.1) is 18.2 Å². The Hall–Kier alpha value is -0.610. The molecule has 0 aromatic carbocycles. The van der Waals surface area contributed by atoms with Crippen LogP contribution in [0, 0.1) is 5.92 Å². The molecular formula is C11H22N2O2. The third-order valence-corrected chi connectivity index (χ3v) is 3.08. The smallest absolute Gasteiger partial charge is 0.237 e. The highest BCUT2D eigenvalue weighted by atomic mass is 16.3. The zero-order valence-electron chi connectivity index (χ0n) is 9.57. The Morgan fingerprint density at radius 2 is 2.00 bits per heavy atom. The van der Waals surface area contributed by atoms with Crippen molar-refractivity contribution in [2.45, 2.75) is 57.7 Å². The third-order valence-electron chi connectivity index (χ3n) is 3.08. The first kappa shape index (κ1) is 12.5. The van der Waals surface area contributed by atoms with Crippen LogP contribution in [-0.2, 0) is 4.79 Å². The van der Waals surface area contributed by atoms with Crippen molar-refractivity contribution >= 4 is 5.91 Å². The minimum Gasteiger partial charge on any atom is -0.391 e. The lowest BCUT2D eigenvalue weighted by Gasteiger charge is -2.29. The number of hydrogen-bond donors (Lipinski definition) is 3. The van der Waals surface area contributed by atoms with Gasteiger partial charge in [0.2, 0.25) is 5.91 Å². The van der Waals surface area contributed by atoms with Gasteiger partial charge in [-0.25, -0.2) is 0 Å².